The van der Waals surface area contributed by atoms with Gasteiger partial charge in [-0.3, -0.25) is 4.79 Å². The molecule has 0 atom stereocenters. The zero-order valence-electron chi connectivity index (χ0n) is 10.6. The topological polar surface area (TPSA) is 72.7 Å². The van der Waals surface area contributed by atoms with Gasteiger partial charge in [-0.15, -0.1) is 17.7 Å². The van der Waals surface area contributed by atoms with E-state index in [0.29, 0.717) is 11.6 Å². The highest BCUT2D eigenvalue weighted by atomic mass is 32.1. The minimum atomic E-state index is 0.0156. The van der Waals surface area contributed by atoms with Gasteiger partial charge >= 0.3 is 0 Å². The van der Waals surface area contributed by atoms with Crippen LogP contribution in [0.5, 0.6) is 0 Å². The Morgan fingerprint density at radius 3 is 3.00 bits per heavy atom. The van der Waals surface area contributed by atoms with Crippen molar-refractivity contribution in [1.82, 2.24) is 20.2 Å². The van der Waals surface area contributed by atoms with Crippen molar-refractivity contribution in [3.8, 4) is 5.69 Å². The van der Waals surface area contributed by atoms with Crippen LogP contribution in [-0.4, -0.2) is 26.1 Å². The molecule has 0 fully saturated rings. The van der Waals surface area contributed by atoms with E-state index >= 15 is 0 Å². The van der Waals surface area contributed by atoms with Crippen LogP contribution in [0.15, 0.2) is 29.4 Å². The van der Waals surface area contributed by atoms with E-state index in [-0.39, 0.29) is 5.91 Å². The molecular weight excluding hydrogens is 262 g/mol. The van der Waals surface area contributed by atoms with Gasteiger partial charge < -0.3 is 5.32 Å². The van der Waals surface area contributed by atoms with Crippen LogP contribution in [0.25, 0.3) is 5.69 Å². The zero-order chi connectivity index (χ0) is 13.7. The summed E-state index contributed by atoms with van der Waals surface area (Å²) in [5, 5.41) is 14.3. The van der Waals surface area contributed by atoms with Crippen LogP contribution < -0.4 is 5.32 Å². The molecule has 2 aromatic rings. The van der Waals surface area contributed by atoms with Gasteiger partial charge in [0.2, 0.25) is 11.1 Å². The van der Waals surface area contributed by atoms with Crippen LogP contribution in [0.4, 0.5) is 5.69 Å². The molecule has 0 radical (unpaired) electrons. The third-order valence-electron chi connectivity index (χ3n) is 2.58. The predicted octanol–water partition coefficient (Wildman–Crippen LogP) is 2.08. The molecule has 2 rings (SSSR count). The molecular formula is C12H15N5OS. The Bertz CT molecular complexity index is 569. The maximum Gasteiger partial charge on any atom is 0.224 e. The summed E-state index contributed by atoms with van der Waals surface area (Å²) in [4.78, 5) is 11.7. The monoisotopic (exact) mass is 277 g/mol. The lowest BCUT2D eigenvalue weighted by Crippen LogP contribution is -2.11. The summed E-state index contributed by atoms with van der Waals surface area (Å²) < 4.78 is 1.49. The molecule has 0 bridgehead atoms. The van der Waals surface area contributed by atoms with E-state index in [9.17, 15) is 4.79 Å². The van der Waals surface area contributed by atoms with E-state index in [4.69, 9.17) is 0 Å². The number of anilines is 1. The second-order valence-electron chi connectivity index (χ2n) is 4.09. The Hall–Kier alpha value is -1.89. The quantitative estimate of drug-likeness (QED) is 0.821. The van der Waals surface area contributed by atoms with Gasteiger partial charge in [0.15, 0.2) is 0 Å². The lowest BCUT2D eigenvalue weighted by molar-refractivity contribution is -0.116. The van der Waals surface area contributed by atoms with E-state index in [1.807, 2.05) is 18.2 Å². The SMILES string of the molecule is CCCCC(=O)Nc1cccc(-n2nnnc2S)c1. The Morgan fingerprint density at radius 2 is 2.32 bits per heavy atom. The molecule has 1 N–H and O–H groups in total. The normalized spacial score (nSPS) is 10.4. The van der Waals surface area contributed by atoms with Crippen molar-refractivity contribution in [3.63, 3.8) is 0 Å². The number of carbonyl (C=O) groups excluding carboxylic acids is 1. The summed E-state index contributed by atoms with van der Waals surface area (Å²) in [6.07, 6.45) is 2.42. The van der Waals surface area contributed by atoms with Gasteiger partial charge in [-0.2, -0.15) is 4.68 Å². The number of rotatable bonds is 5. The van der Waals surface area contributed by atoms with Crippen molar-refractivity contribution in [1.29, 1.82) is 0 Å². The number of nitrogens with one attached hydrogen (secondary N) is 1. The Kier molecular flexibility index (Phi) is 4.51. The second kappa shape index (κ2) is 6.33. The van der Waals surface area contributed by atoms with Crippen LogP contribution in [0.2, 0.25) is 0 Å². The average molecular weight is 277 g/mol. The molecule has 0 aliphatic carbocycles. The van der Waals surface area contributed by atoms with E-state index in [2.05, 4.69) is 40.4 Å². The van der Waals surface area contributed by atoms with Crippen molar-refractivity contribution in [2.45, 2.75) is 31.3 Å². The van der Waals surface area contributed by atoms with Gasteiger partial charge in [0.25, 0.3) is 0 Å². The first-order valence-corrected chi connectivity index (χ1v) is 6.53. The van der Waals surface area contributed by atoms with Crippen LogP contribution in [0, 0.1) is 0 Å². The molecule has 100 valence electrons. The molecule has 19 heavy (non-hydrogen) atoms. The smallest absolute Gasteiger partial charge is 0.224 e. The summed E-state index contributed by atoms with van der Waals surface area (Å²) in [5.74, 6) is 0.0156. The molecule has 0 spiro atoms. The fourth-order valence-corrected chi connectivity index (χ4v) is 1.82. The largest absolute Gasteiger partial charge is 0.326 e. The molecule has 0 aliphatic rings. The molecule has 0 unspecified atom stereocenters. The van der Waals surface area contributed by atoms with Gasteiger partial charge in [-0.05, 0) is 35.0 Å². The molecule has 1 aromatic carbocycles. The number of nitrogens with zero attached hydrogens (tertiary/aromatic N) is 4. The number of tetrazole rings is 1. The maximum atomic E-state index is 11.7. The Labute approximate surface area is 116 Å². The predicted molar refractivity (Wildman–Crippen MR) is 74.6 cm³/mol. The van der Waals surface area contributed by atoms with E-state index < -0.39 is 0 Å². The maximum absolute atomic E-state index is 11.7. The highest BCUT2D eigenvalue weighted by Crippen LogP contribution is 2.16. The minimum Gasteiger partial charge on any atom is -0.326 e. The standard InChI is InChI=1S/C12H15N5OS/c1-2-3-7-11(18)13-9-5-4-6-10(8-9)17-12(19)14-15-16-17/h4-6,8H,2-3,7H2,1H3,(H,13,18)(H,14,16,19). The van der Waals surface area contributed by atoms with Gasteiger partial charge in [0, 0.05) is 12.1 Å². The molecule has 7 heteroatoms. The highest BCUT2D eigenvalue weighted by Gasteiger charge is 2.06. The molecule has 6 nitrogen and oxygen atoms in total. The number of aromatic nitrogens is 4. The van der Waals surface area contributed by atoms with Crippen molar-refractivity contribution in [2.24, 2.45) is 0 Å². The lowest BCUT2D eigenvalue weighted by atomic mass is 10.2. The summed E-state index contributed by atoms with van der Waals surface area (Å²) in [7, 11) is 0. The third-order valence-corrected chi connectivity index (χ3v) is 2.86. The van der Waals surface area contributed by atoms with Gasteiger partial charge in [0.05, 0.1) is 5.69 Å². The first-order chi connectivity index (χ1) is 9.20. The molecule has 1 heterocycles. The molecule has 1 amide bonds. The van der Waals surface area contributed by atoms with E-state index in [0.717, 1.165) is 24.2 Å². The number of amides is 1. The molecule has 0 aliphatic heterocycles. The van der Waals surface area contributed by atoms with Crippen LogP contribution in [0.3, 0.4) is 0 Å². The van der Waals surface area contributed by atoms with Crippen molar-refractivity contribution >= 4 is 24.2 Å². The fraction of sp³-hybridized carbons (Fsp3) is 0.333. The fourth-order valence-electron chi connectivity index (χ4n) is 1.63. The first kappa shape index (κ1) is 13.5. The summed E-state index contributed by atoms with van der Waals surface area (Å²) in [6.45, 7) is 2.06. The Morgan fingerprint density at radius 1 is 1.47 bits per heavy atom. The zero-order valence-corrected chi connectivity index (χ0v) is 11.5. The number of unbranched alkanes of at least 4 members (excludes halogenated alkanes) is 1. The number of hydrogen-bond donors (Lipinski definition) is 2. The summed E-state index contributed by atoms with van der Waals surface area (Å²) in [6, 6.07) is 7.31. The second-order valence-corrected chi connectivity index (χ2v) is 4.49. The third kappa shape index (κ3) is 3.54. The van der Waals surface area contributed by atoms with E-state index in [1.54, 1.807) is 6.07 Å². The highest BCUT2D eigenvalue weighted by molar-refractivity contribution is 7.80. The minimum absolute atomic E-state index is 0.0156. The van der Waals surface area contributed by atoms with Gasteiger partial charge in [0.1, 0.15) is 0 Å². The number of carbonyl (C=O) groups is 1. The summed E-state index contributed by atoms with van der Waals surface area (Å²) in [5.41, 5.74) is 1.48. The molecule has 1 aromatic heterocycles. The number of benzene rings is 1. The van der Waals surface area contributed by atoms with Gasteiger partial charge in [-0.1, -0.05) is 19.4 Å². The van der Waals surface area contributed by atoms with Crippen LogP contribution >= 0.6 is 12.6 Å². The van der Waals surface area contributed by atoms with Crippen molar-refractivity contribution in [3.05, 3.63) is 24.3 Å². The van der Waals surface area contributed by atoms with Gasteiger partial charge in [-0.25, -0.2) is 0 Å². The average Bonchev–Trinajstić information content (AvgIpc) is 2.83. The molecule has 0 saturated heterocycles. The molecule has 0 saturated carbocycles. The van der Waals surface area contributed by atoms with Crippen LogP contribution in [0.1, 0.15) is 26.2 Å². The number of thiol groups is 1. The van der Waals surface area contributed by atoms with Crippen molar-refractivity contribution < 1.29 is 4.79 Å². The van der Waals surface area contributed by atoms with Crippen molar-refractivity contribution in [2.75, 3.05) is 5.32 Å². The van der Waals surface area contributed by atoms with E-state index in [1.165, 1.54) is 4.68 Å². The number of hydrogen-bond acceptors (Lipinski definition) is 5. The van der Waals surface area contributed by atoms with Crippen LogP contribution in [-0.2, 0) is 4.79 Å². The first-order valence-electron chi connectivity index (χ1n) is 6.08. The Balaban J connectivity index is 2.12. The lowest BCUT2D eigenvalue weighted by Gasteiger charge is -2.07. The summed E-state index contributed by atoms with van der Waals surface area (Å²) >= 11 is 4.15.